The fourth-order valence-electron chi connectivity index (χ4n) is 4.08. The largest absolute Gasteiger partial charge is 0.497 e. The van der Waals surface area contributed by atoms with E-state index in [1.54, 1.807) is 27.9 Å². The van der Waals surface area contributed by atoms with E-state index in [-0.39, 0.29) is 12.5 Å². The lowest BCUT2D eigenvalue weighted by Gasteiger charge is -2.36. The summed E-state index contributed by atoms with van der Waals surface area (Å²) in [5.41, 5.74) is 1.28. The van der Waals surface area contributed by atoms with Gasteiger partial charge in [-0.05, 0) is 63.6 Å². The molecule has 0 saturated carbocycles. The van der Waals surface area contributed by atoms with Crippen molar-refractivity contribution in [3.8, 4) is 5.75 Å². The van der Waals surface area contributed by atoms with Crippen molar-refractivity contribution >= 4 is 32.9 Å². The zero-order chi connectivity index (χ0) is 24.2. The molecule has 0 spiro atoms. The minimum Gasteiger partial charge on any atom is -0.497 e. The van der Waals surface area contributed by atoms with Crippen LogP contribution in [0.1, 0.15) is 40.5 Å². The van der Waals surface area contributed by atoms with Crippen molar-refractivity contribution in [2.24, 2.45) is 11.8 Å². The van der Waals surface area contributed by atoms with E-state index in [2.05, 4.69) is 14.6 Å². The number of piperidine rings is 1. The number of carbonyl (C=O) groups is 1. The number of methoxy groups -OCH3 is 1. The van der Waals surface area contributed by atoms with Crippen LogP contribution in [-0.2, 0) is 14.9 Å². The Morgan fingerprint density at radius 1 is 1.24 bits per heavy atom. The number of benzene rings is 1. The maximum absolute atomic E-state index is 12.2. The van der Waals surface area contributed by atoms with E-state index in [0.29, 0.717) is 5.92 Å². The van der Waals surface area contributed by atoms with Gasteiger partial charge in [-0.15, -0.1) is 0 Å². The van der Waals surface area contributed by atoms with Gasteiger partial charge in [0.15, 0.2) is 0 Å². The molecule has 1 unspecified atom stereocenters. The predicted octanol–water partition coefficient (Wildman–Crippen LogP) is 3.46. The number of amides is 1. The van der Waals surface area contributed by atoms with Gasteiger partial charge >= 0.3 is 16.3 Å². The minimum absolute atomic E-state index is 0.126. The highest BCUT2D eigenvalue weighted by Crippen LogP contribution is 2.32. The van der Waals surface area contributed by atoms with Gasteiger partial charge in [-0.1, -0.05) is 6.92 Å². The minimum atomic E-state index is -3.97. The van der Waals surface area contributed by atoms with Crippen LogP contribution in [0.15, 0.2) is 30.5 Å². The number of hydrogen-bond acceptors (Lipinski definition) is 7. The Labute approximate surface area is 196 Å². The Morgan fingerprint density at radius 3 is 2.58 bits per heavy atom. The van der Waals surface area contributed by atoms with Gasteiger partial charge in [-0.2, -0.15) is 13.1 Å². The van der Waals surface area contributed by atoms with Gasteiger partial charge in [0.2, 0.25) is 0 Å². The van der Waals surface area contributed by atoms with Crippen molar-refractivity contribution < 1.29 is 22.7 Å². The molecule has 2 aromatic rings. The Morgan fingerprint density at radius 2 is 1.94 bits per heavy atom. The number of nitrogens with zero attached hydrogens (tertiary/aromatic N) is 2. The van der Waals surface area contributed by atoms with Crippen LogP contribution in [0.2, 0.25) is 0 Å². The van der Waals surface area contributed by atoms with E-state index >= 15 is 0 Å². The summed E-state index contributed by atoms with van der Waals surface area (Å²) in [6, 6.07) is 7.96. The summed E-state index contributed by atoms with van der Waals surface area (Å²) in [7, 11) is -2.33. The highest BCUT2D eigenvalue weighted by atomic mass is 32.2. The van der Waals surface area contributed by atoms with Crippen molar-refractivity contribution in [1.29, 1.82) is 0 Å². The third-order valence-corrected chi connectivity index (χ3v) is 6.81. The molecule has 10 heteroatoms. The molecule has 182 valence electrons. The second kappa shape index (κ2) is 10.1. The van der Waals surface area contributed by atoms with Gasteiger partial charge in [0, 0.05) is 43.0 Å². The molecule has 1 aromatic carbocycles. The average Bonchev–Trinajstić information content (AvgIpc) is 2.75. The molecule has 0 radical (unpaired) electrons. The van der Waals surface area contributed by atoms with Crippen LogP contribution < -0.4 is 19.1 Å². The topological polar surface area (TPSA) is 110 Å². The number of pyridine rings is 1. The van der Waals surface area contributed by atoms with Crippen molar-refractivity contribution in [2.75, 3.05) is 31.6 Å². The van der Waals surface area contributed by atoms with Crippen LogP contribution in [0.4, 0.5) is 10.5 Å². The molecule has 1 amide bonds. The molecule has 1 aromatic heterocycles. The maximum atomic E-state index is 12.2. The van der Waals surface area contributed by atoms with Gasteiger partial charge in [0.25, 0.3) is 0 Å². The fourth-order valence-corrected chi connectivity index (χ4v) is 4.89. The number of fused-ring (bicyclic) bond motifs is 1. The van der Waals surface area contributed by atoms with Gasteiger partial charge in [-0.25, -0.2) is 9.52 Å². The van der Waals surface area contributed by atoms with Gasteiger partial charge in [0.1, 0.15) is 11.4 Å². The van der Waals surface area contributed by atoms with Crippen molar-refractivity contribution in [3.05, 3.63) is 30.5 Å². The van der Waals surface area contributed by atoms with Crippen LogP contribution in [0, 0.1) is 11.8 Å². The number of ether oxygens (including phenoxy) is 2. The summed E-state index contributed by atoms with van der Waals surface area (Å²) in [5.74, 6) is 1.28. The van der Waals surface area contributed by atoms with E-state index < -0.39 is 21.9 Å². The quantitative estimate of drug-likeness (QED) is 0.627. The summed E-state index contributed by atoms with van der Waals surface area (Å²) >= 11 is 0. The van der Waals surface area contributed by atoms with Crippen molar-refractivity contribution in [2.45, 2.75) is 46.1 Å². The molecule has 1 saturated heterocycles. The molecular weight excluding hydrogens is 444 g/mol. The standard InChI is InChI=1S/C23H34N4O5S/c1-16(15-25-33(29,30)26-22(28)32-23(2,3)4)17-9-12-27(13-10-17)21-8-11-24-20-14-18(31-5)6-7-19(20)21/h6-8,11,14,16-17,25H,9-10,12-13,15H2,1-5H3,(H,26,28). The molecule has 9 nitrogen and oxygen atoms in total. The number of anilines is 1. The molecule has 1 aliphatic rings. The normalized spacial score (nSPS) is 16.5. The van der Waals surface area contributed by atoms with E-state index in [1.165, 1.54) is 0 Å². The van der Waals surface area contributed by atoms with Crippen LogP contribution in [-0.4, -0.2) is 51.8 Å². The third-order valence-electron chi connectivity index (χ3n) is 5.82. The molecule has 1 fully saturated rings. The number of carbonyl (C=O) groups excluding carboxylic acids is 1. The molecule has 1 atom stereocenters. The highest BCUT2D eigenvalue weighted by molar-refractivity contribution is 7.88. The van der Waals surface area contributed by atoms with Crippen molar-refractivity contribution in [1.82, 2.24) is 14.4 Å². The molecule has 0 aliphatic carbocycles. The lowest BCUT2D eigenvalue weighted by molar-refractivity contribution is 0.0569. The van der Waals surface area contributed by atoms with Crippen LogP contribution in [0.25, 0.3) is 10.9 Å². The average molecular weight is 479 g/mol. The summed E-state index contributed by atoms with van der Waals surface area (Å²) < 4.78 is 39.0. The molecule has 3 rings (SSSR count). The lowest BCUT2D eigenvalue weighted by atomic mass is 9.85. The first kappa shape index (κ1) is 25.0. The summed E-state index contributed by atoms with van der Waals surface area (Å²) in [4.78, 5) is 18.6. The maximum Gasteiger partial charge on any atom is 0.422 e. The molecular formula is C23H34N4O5S. The number of rotatable bonds is 7. The Kier molecular flexibility index (Phi) is 7.69. The number of hydrogen-bond donors (Lipinski definition) is 2. The molecule has 33 heavy (non-hydrogen) atoms. The number of aromatic nitrogens is 1. The Hall–Kier alpha value is -2.59. The monoisotopic (exact) mass is 478 g/mol. The summed E-state index contributed by atoms with van der Waals surface area (Å²) in [5, 5.41) is 1.09. The highest BCUT2D eigenvalue weighted by Gasteiger charge is 2.27. The Balaban J connectivity index is 1.54. The zero-order valence-corrected chi connectivity index (χ0v) is 20.7. The Bertz CT molecular complexity index is 1080. The van der Waals surface area contributed by atoms with Crippen LogP contribution in [0.3, 0.4) is 0 Å². The zero-order valence-electron chi connectivity index (χ0n) is 19.9. The van der Waals surface area contributed by atoms with E-state index in [9.17, 15) is 13.2 Å². The predicted molar refractivity (Wildman–Crippen MR) is 129 cm³/mol. The first-order valence-corrected chi connectivity index (χ1v) is 12.6. The first-order valence-electron chi connectivity index (χ1n) is 11.2. The number of nitrogens with one attached hydrogen (secondary N) is 2. The molecule has 1 aliphatic heterocycles. The SMILES string of the molecule is COc1ccc2c(N3CCC(C(C)CNS(=O)(=O)NC(=O)OC(C)(C)C)CC3)ccnc2c1. The second-order valence-electron chi connectivity index (χ2n) is 9.47. The van der Waals surface area contributed by atoms with Gasteiger partial charge < -0.3 is 14.4 Å². The third kappa shape index (κ3) is 6.94. The first-order chi connectivity index (χ1) is 15.5. The summed E-state index contributed by atoms with van der Waals surface area (Å²) in [6.45, 7) is 9.06. The summed E-state index contributed by atoms with van der Waals surface area (Å²) in [6.07, 6.45) is 2.72. The molecule has 2 N–H and O–H groups in total. The van der Waals surface area contributed by atoms with Gasteiger partial charge in [-0.3, -0.25) is 4.98 Å². The lowest BCUT2D eigenvalue weighted by Crippen LogP contribution is -2.45. The molecule has 0 bridgehead atoms. The van der Waals surface area contributed by atoms with Crippen LogP contribution in [0.5, 0.6) is 5.75 Å². The smallest absolute Gasteiger partial charge is 0.422 e. The fraction of sp³-hybridized carbons (Fsp3) is 0.565. The van der Waals surface area contributed by atoms with E-state index in [0.717, 1.165) is 48.3 Å². The van der Waals surface area contributed by atoms with Gasteiger partial charge in [0.05, 0.1) is 12.6 Å². The van der Waals surface area contributed by atoms with Crippen molar-refractivity contribution in [3.63, 3.8) is 0 Å². The molecule has 2 heterocycles. The van der Waals surface area contributed by atoms with E-state index in [4.69, 9.17) is 9.47 Å². The van der Waals surface area contributed by atoms with E-state index in [1.807, 2.05) is 42.1 Å². The van der Waals surface area contributed by atoms with Crippen LogP contribution >= 0.6 is 0 Å². The second-order valence-corrected chi connectivity index (χ2v) is 11.0.